The Balaban J connectivity index is 1.59. The van der Waals surface area contributed by atoms with Crippen molar-refractivity contribution in [1.29, 1.82) is 0 Å². The van der Waals surface area contributed by atoms with Gasteiger partial charge in [0.1, 0.15) is 11.7 Å². The average Bonchev–Trinajstić information content (AvgIpc) is 3.15. The number of alkyl halides is 2. The molecule has 1 aromatic carbocycles. The number of hydrogen-bond donors (Lipinski definition) is 2. The van der Waals surface area contributed by atoms with Crippen molar-refractivity contribution in [1.82, 2.24) is 10.6 Å². The van der Waals surface area contributed by atoms with Gasteiger partial charge in [-0.15, -0.1) is 0 Å². The van der Waals surface area contributed by atoms with Gasteiger partial charge in [0.25, 0.3) is 11.8 Å². The van der Waals surface area contributed by atoms with Crippen LogP contribution in [0.1, 0.15) is 12.8 Å². The van der Waals surface area contributed by atoms with Gasteiger partial charge in [0.15, 0.2) is 6.61 Å². The molecule has 1 aliphatic rings. The lowest BCUT2D eigenvalue weighted by atomic mass is 10.3. The number of carbonyl (C=O) groups is 2. The topological polar surface area (TPSA) is 67.4 Å². The number of carbonyl (C=O) groups excluding carboxylic acids is 2. The van der Waals surface area contributed by atoms with Crippen LogP contribution in [0.5, 0.6) is 5.75 Å². The number of halogens is 3. The van der Waals surface area contributed by atoms with Gasteiger partial charge in [-0.1, -0.05) is 18.2 Å². The smallest absolute Gasteiger partial charge is 0.260 e. The minimum atomic E-state index is -2.91. The summed E-state index contributed by atoms with van der Waals surface area (Å²) in [7, 11) is 0. The zero-order chi connectivity index (χ0) is 17.7. The molecule has 24 heavy (non-hydrogen) atoms. The van der Waals surface area contributed by atoms with E-state index in [2.05, 4.69) is 17.2 Å². The van der Waals surface area contributed by atoms with Gasteiger partial charge in [0, 0.05) is 30.1 Å². The summed E-state index contributed by atoms with van der Waals surface area (Å²) in [5.41, 5.74) is 0.279. The summed E-state index contributed by atoms with van der Waals surface area (Å²) in [6.45, 7) is 3.62. The minimum absolute atomic E-state index is 0.172. The summed E-state index contributed by atoms with van der Waals surface area (Å²) < 4.78 is 30.7. The third-order valence-electron chi connectivity index (χ3n) is 3.37. The lowest BCUT2D eigenvalue weighted by Crippen LogP contribution is -2.32. The molecule has 2 amide bonds. The van der Waals surface area contributed by atoms with Crippen LogP contribution in [0.4, 0.5) is 8.78 Å². The molecular formula is C16H17ClF2N2O3. The summed E-state index contributed by atoms with van der Waals surface area (Å²) in [6, 6.07) is 6.57. The molecule has 0 saturated heterocycles. The molecule has 1 saturated carbocycles. The molecule has 0 heterocycles. The van der Waals surface area contributed by atoms with E-state index in [0.717, 1.165) is 0 Å². The van der Waals surface area contributed by atoms with Gasteiger partial charge < -0.3 is 15.4 Å². The van der Waals surface area contributed by atoms with E-state index < -0.39 is 24.2 Å². The van der Waals surface area contributed by atoms with Crippen LogP contribution in [0.2, 0.25) is 5.02 Å². The number of benzene rings is 1. The Morgan fingerprint density at radius 1 is 1.33 bits per heavy atom. The second-order valence-corrected chi connectivity index (χ2v) is 5.89. The predicted octanol–water partition coefficient (Wildman–Crippen LogP) is 2.51. The monoisotopic (exact) mass is 358 g/mol. The lowest BCUT2D eigenvalue weighted by Gasteiger charge is -2.10. The average molecular weight is 359 g/mol. The van der Waals surface area contributed by atoms with Gasteiger partial charge in [-0.2, -0.15) is 0 Å². The summed E-state index contributed by atoms with van der Waals surface area (Å²) in [5, 5.41) is 5.47. The quantitative estimate of drug-likeness (QED) is 0.750. The second kappa shape index (κ2) is 7.61. The van der Waals surface area contributed by atoms with Crippen molar-refractivity contribution in [3.63, 3.8) is 0 Å². The molecule has 1 aromatic rings. The van der Waals surface area contributed by atoms with Crippen molar-refractivity contribution in [3.8, 4) is 5.75 Å². The largest absolute Gasteiger partial charge is 0.484 e. The van der Waals surface area contributed by atoms with Gasteiger partial charge in [-0.05, 0) is 24.3 Å². The molecule has 1 atom stereocenters. The molecule has 1 fully saturated rings. The van der Waals surface area contributed by atoms with Crippen molar-refractivity contribution in [3.05, 3.63) is 41.6 Å². The summed E-state index contributed by atoms with van der Waals surface area (Å²) >= 11 is 5.73. The van der Waals surface area contributed by atoms with Gasteiger partial charge >= 0.3 is 0 Å². The van der Waals surface area contributed by atoms with E-state index in [1.54, 1.807) is 24.3 Å². The number of amides is 2. The van der Waals surface area contributed by atoms with Crippen LogP contribution in [-0.2, 0) is 9.59 Å². The summed E-state index contributed by atoms with van der Waals surface area (Å²) in [5.74, 6) is -4.74. The molecule has 0 radical (unpaired) electrons. The van der Waals surface area contributed by atoms with E-state index in [1.807, 2.05) is 0 Å². The fourth-order valence-electron chi connectivity index (χ4n) is 1.91. The highest BCUT2D eigenvalue weighted by atomic mass is 35.5. The molecule has 1 unspecified atom stereocenters. The maximum Gasteiger partial charge on any atom is 0.260 e. The molecule has 0 spiro atoms. The molecule has 130 valence electrons. The van der Waals surface area contributed by atoms with Crippen LogP contribution < -0.4 is 15.4 Å². The zero-order valence-electron chi connectivity index (χ0n) is 12.8. The SMILES string of the molecule is C=C(CCNC(=O)COc1ccc(Cl)cc1)NC(=O)C1CC1(F)F. The van der Waals surface area contributed by atoms with Crippen LogP contribution >= 0.6 is 11.6 Å². The Morgan fingerprint density at radius 2 is 1.96 bits per heavy atom. The molecule has 0 aromatic heterocycles. The van der Waals surface area contributed by atoms with Crippen molar-refractivity contribution >= 4 is 23.4 Å². The number of rotatable bonds is 8. The maximum atomic E-state index is 12.7. The van der Waals surface area contributed by atoms with Crippen LogP contribution in [-0.4, -0.2) is 30.9 Å². The van der Waals surface area contributed by atoms with E-state index in [4.69, 9.17) is 16.3 Å². The summed E-state index contributed by atoms with van der Waals surface area (Å²) in [6.07, 6.45) is -0.179. The zero-order valence-corrected chi connectivity index (χ0v) is 13.5. The Kier molecular flexibility index (Phi) is 5.77. The molecular weight excluding hydrogens is 342 g/mol. The van der Waals surface area contributed by atoms with Crippen LogP contribution in [0.15, 0.2) is 36.5 Å². The first-order valence-corrected chi connectivity index (χ1v) is 7.67. The van der Waals surface area contributed by atoms with E-state index in [-0.39, 0.29) is 31.2 Å². The number of ether oxygens (including phenoxy) is 1. The van der Waals surface area contributed by atoms with Gasteiger partial charge in [-0.25, -0.2) is 8.78 Å². The molecule has 0 bridgehead atoms. The van der Waals surface area contributed by atoms with Crippen molar-refractivity contribution in [2.75, 3.05) is 13.2 Å². The van der Waals surface area contributed by atoms with E-state index >= 15 is 0 Å². The molecule has 0 aliphatic heterocycles. The second-order valence-electron chi connectivity index (χ2n) is 5.45. The highest BCUT2D eigenvalue weighted by Gasteiger charge is 2.61. The normalized spacial score (nSPS) is 17.7. The van der Waals surface area contributed by atoms with Gasteiger partial charge in [-0.3, -0.25) is 9.59 Å². The van der Waals surface area contributed by atoms with Gasteiger partial charge in [0.05, 0.1) is 0 Å². The first-order valence-electron chi connectivity index (χ1n) is 7.29. The highest BCUT2D eigenvalue weighted by Crippen LogP contribution is 2.48. The molecule has 2 rings (SSSR count). The number of nitrogens with one attached hydrogen (secondary N) is 2. The van der Waals surface area contributed by atoms with Crippen molar-refractivity contribution in [2.24, 2.45) is 5.92 Å². The molecule has 1 aliphatic carbocycles. The van der Waals surface area contributed by atoms with Crippen LogP contribution in [0, 0.1) is 5.92 Å². The Labute approximate surface area is 143 Å². The van der Waals surface area contributed by atoms with E-state index in [1.165, 1.54) is 0 Å². The van der Waals surface area contributed by atoms with Crippen LogP contribution in [0.3, 0.4) is 0 Å². The highest BCUT2D eigenvalue weighted by molar-refractivity contribution is 6.30. The van der Waals surface area contributed by atoms with Crippen molar-refractivity contribution < 1.29 is 23.1 Å². The third kappa shape index (κ3) is 5.49. The number of hydrogen-bond acceptors (Lipinski definition) is 3. The van der Waals surface area contributed by atoms with E-state index in [0.29, 0.717) is 10.8 Å². The lowest BCUT2D eigenvalue weighted by molar-refractivity contribution is -0.124. The third-order valence-corrected chi connectivity index (χ3v) is 3.63. The summed E-state index contributed by atoms with van der Waals surface area (Å²) in [4.78, 5) is 23.1. The van der Waals surface area contributed by atoms with Crippen LogP contribution in [0.25, 0.3) is 0 Å². The molecule has 5 nitrogen and oxygen atoms in total. The van der Waals surface area contributed by atoms with E-state index in [9.17, 15) is 18.4 Å². The predicted molar refractivity (Wildman–Crippen MR) is 84.9 cm³/mol. The van der Waals surface area contributed by atoms with Gasteiger partial charge in [0.2, 0.25) is 5.91 Å². The fourth-order valence-corrected chi connectivity index (χ4v) is 2.03. The Hall–Kier alpha value is -2.15. The van der Waals surface area contributed by atoms with Crippen molar-refractivity contribution in [2.45, 2.75) is 18.8 Å². The standard InChI is InChI=1S/C16H17ClF2N2O3/c1-10(21-15(23)13-8-16(13,18)19)6-7-20-14(22)9-24-12-4-2-11(17)3-5-12/h2-5,13H,1,6-9H2,(H,20,22)(H,21,23). The maximum absolute atomic E-state index is 12.7. The Morgan fingerprint density at radius 3 is 2.54 bits per heavy atom. The molecule has 2 N–H and O–H groups in total. The Bertz CT molecular complexity index is 635. The first-order chi connectivity index (χ1) is 11.3. The first kappa shape index (κ1) is 18.2. The fraction of sp³-hybridized carbons (Fsp3) is 0.375. The molecule has 8 heteroatoms. The minimum Gasteiger partial charge on any atom is -0.484 e.